The van der Waals surface area contributed by atoms with Gasteiger partial charge in [0, 0.05) is 11.6 Å². The molecule has 0 saturated heterocycles. The van der Waals surface area contributed by atoms with Crippen LogP contribution in [0, 0.1) is 0 Å². The first-order valence-corrected chi connectivity index (χ1v) is 14.7. The summed E-state index contributed by atoms with van der Waals surface area (Å²) in [5.41, 5.74) is 2.20. The van der Waals surface area contributed by atoms with Crippen molar-refractivity contribution >= 4 is 5.97 Å². The maximum Gasteiger partial charge on any atom is 0.330 e. The zero-order valence-electron chi connectivity index (χ0n) is 23.1. The van der Waals surface area contributed by atoms with Crippen LogP contribution in [0.15, 0.2) is 49.3 Å². The molecule has 1 heterocycles. The van der Waals surface area contributed by atoms with Gasteiger partial charge < -0.3 is 14.2 Å². The third-order valence-corrected chi connectivity index (χ3v) is 7.10. The van der Waals surface area contributed by atoms with E-state index in [4.69, 9.17) is 14.2 Å². The second kappa shape index (κ2) is 18.5. The lowest BCUT2D eigenvalue weighted by molar-refractivity contribution is -0.137. The molecule has 0 radical (unpaired) electrons. The highest BCUT2D eigenvalue weighted by Gasteiger charge is 2.13. The number of nitrogens with zero attached hydrogens (tertiary/aromatic N) is 2. The van der Waals surface area contributed by atoms with Crippen molar-refractivity contribution in [3.8, 4) is 17.1 Å². The zero-order valence-corrected chi connectivity index (χ0v) is 23.1. The van der Waals surface area contributed by atoms with Crippen LogP contribution in [0.25, 0.3) is 11.4 Å². The standard InChI is InChI=1S/C32H46N2O4/c1-2-31(35)37-23-15-10-8-6-4-3-5-7-9-14-22-36-30-24-33-32(34-25-30)28-20-18-27(19-21-28)26-38-29-16-12-11-13-17-29/h2,18-21,24-25,29H,1,3-17,22-23,26H2. The van der Waals surface area contributed by atoms with Crippen LogP contribution < -0.4 is 4.74 Å². The highest BCUT2D eigenvalue weighted by atomic mass is 16.5. The molecule has 1 aliphatic rings. The van der Waals surface area contributed by atoms with E-state index in [1.54, 1.807) is 12.4 Å². The molecule has 208 valence electrons. The Labute approximate surface area is 229 Å². The van der Waals surface area contributed by atoms with Crippen LogP contribution in [-0.2, 0) is 20.9 Å². The lowest BCUT2D eigenvalue weighted by Crippen LogP contribution is -2.16. The quantitative estimate of drug-likeness (QED) is 0.106. The fraction of sp³-hybridized carbons (Fsp3) is 0.594. The van der Waals surface area contributed by atoms with E-state index in [-0.39, 0.29) is 5.97 Å². The molecule has 3 rings (SSSR count). The van der Waals surface area contributed by atoms with Crippen LogP contribution in [0.4, 0.5) is 0 Å². The van der Waals surface area contributed by atoms with E-state index >= 15 is 0 Å². The molecule has 0 atom stereocenters. The van der Waals surface area contributed by atoms with Crippen molar-refractivity contribution in [1.82, 2.24) is 9.97 Å². The summed E-state index contributed by atoms with van der Waals surface area (Å²) in [6.45, 7) is 5.28. The number of aromatic nitrogens is 2. The largest absolute Gasteiger partial charge is 0.490 e. The minimum atomic E-state index is -0.325. The van der Waals surface area contributed by atoms with Crippen molar-refractivity contribution in [2.24, 2.45) is 0 Å². The number of hydrogen-bond acceptors (Lipinski definition) is 6. The Hall–Kier alpha value is -2.73. The molecular formula is C32H46N2O4. The van der Waals surface area contributed by atoms with Crippen LogP contribution in [0.5, 0.6) is 5.75 Å². The molecule has 0 amide bonds. The monoisotopic (exact) mass is 522 g/mol. The smallest absolute Gasteiger partial charge is 0.330 e. The van der Waals surface area contributed by atoms with Gasteiger partial charge in [-0.25, -0.2) is 14.8 Å². The average Bonchev–Trinajstić information content (AvgIpc) is 2.97. The van der Waals surface area contributed by atoms with Gasteiger partial charge in [0.1, 0.15) is 0 Å². The molecule has 0 bridgehead atoms. The molecule has 1 aromatic heterocycles. The Morgan fingerprint density at radius 3 is 2.00 bits per heavy atom. The van der Waals surface area contributed by atoms with E-state index in [2.05, 4.69) is 40.8 Å². The topological polar surface area (TPSA) is 70.5 Å². The molecule has 1 aromatic carbocycles. The predicted octanol–water partition coefficient (Wildman–Crippen LogP) is 8.00. The van der Waals surface area contributed by atoms with E-state index in [0.29, 0.717) is 31.7 Å². The maximum atomic E-state index is 10.9. The number of carbonyl (C=O) groups excluding carboxylic acids is 1. The maximum absolute atomic E-state index is 10.9. The summed E-state index contributed by atoms with van der Waals surface area (Å²) in [7, 11) is 0. The first kappa shape index (κ1) is 29.8. The Morgan fingerprint density at radius 1 is 0.816 bits per heavy atom. The van der Waals surface area contributed by atoms with E-state index in [1.165, 1.54) is 88.7 Å². The second-order valence-corrected chi connectivity index (χ2v) is 10.3. The van der Waals surface area contributed by atoms with Gasteiger partial charge in [0.2, 0.25) is 0 Å². The summed E-state index contributed by atoms with van der Waals surface area (Å²) in [5, 5.41) is 0. The van der Waals surface area contributed by atoms with Crippen LogP contribution in [0.3, 0.4) is 0 Å². The number of carbonyl (C=O) groups is 1. The molecule has 0 N–H and O–H groups in total. The predicted molar refractivity (Wildman–Crippen MR) is 152 cm³/mol. The van der Waals surface area contributed by atoms with Crippen molar-refractivity contribution in [3.63, 3.8) is 0 Å². The van der Waals surface area contributed by atoms with Crippen LogP contribution >= 0.6 is 0 Å². The van der Waals surface area contributed by atoms with Gasteiger partial charge in [-0.3, -0.25) is 0 Å². The third kappa shape index (κ3) is 12.2. The fourth-order valence-electron chi connectivity index (χ4n) is 4.78. The minimum absolute atomic E-state index is 0.325. The zero-order chi connectivity index (χ0) is 26.7. The van der Waals surface area contributed by atoms with Gasteiger partial charge in [-0.15, -0.1) is 0 Å². The lowest BCUT2D eigenvalue weighted by atomic mass is 9.98. The molecule has 6 heteroatoms. The molecule has 38 heavy (non-hydrogen) atoms. The van der Waals surface area contributed by atoms with Gasteiger partial charge in [0.15, 0.2) is 11.6 Å². The highest BCUT2D eigenvalue weighted by Crippen LogP contribution is 2.22. The summed E-state index contributed by atoms with van der Waals surface area (Å²) < 4.78 is 16.9. The molecule has 2 aromatic rings. The second-order valence-electron chi connectivity index (χ2n) is 10.3. The molecule has 1 aliphatic carbocycles. The van der Waals surface area contributed by atoms with Crippen molar-refractivity contribution in [2.75, 3.05) is 13.2 Å². The lowest BCUT2D eigenvalue weighted by Gasteiger charge is -2.22. The highest BCUT2D eigenvalue weighted by molar-refractivity contribution is 5.81. The van der Waals surface area contributed by atoms with Crippen LogP contribution in [0.2, 0.25) is 0 Å². The average molecular weight is 523 g/mol. The third-order valence-electron chi connectivity index (χ3n) is 7.10. The van der Waals surface area contributed by atoms with E-state index in [9.17, 15) is 4.79 Å². The summed E-state index contributed by atoms with van der Waals surface area (Å²) in [5.74, 6) is 1.12. The van der Waals surface area contributed by atoms with Gasteiger partial charge in [0.25, 0.3) is 0 Å². The summed E-state index contributed by atoms with van der Waals surface area (Å²) in [6.07, 6.45) is 23.4. The van der Waals surface area contributed by atoms with Crippen molar-refractivity contribution in [2.45, 2.75) is 109 Å². The molecule has 0 unspecified atom stereocenters. The number of rotatable bonds is 19. The number of esters is 1. The molecule has 1 saturated carbocycles. The number of benzene rings is 1. The Balaban J connectivity index is 1.18. The summed E-state index contributed by atoms with van der Waals surface area (Å²) >= 11 is 0. The Bertz CT molecular complexity index is 908. The van der Waals surface area contributed by atoms with Gasteiger partial charge in [0.05, 0.1) is 38.3 Å². The first-order valence-electron chi connectivity index (χ1n) is 14.7. The van der Waals surface area contributed by atoms with E-state index in [1.807, 2.05) is 0 Å². The summed E-state index contributed by atoms with van der Waals surface area (Å²) in [4.78, 5) is 19.9. The first-order chi connectivity index (χ1) is 18.7. The molecule has 0 aliphatic heterocycles. The van der Waals surface area contributed by atoms with Gasteiger partial charge in [-0.1, -0.05) is 101 Å². The number of hydrogen-bond donors (Lipinski definition) is 0. The number of ether oxygens (including phenoxy) is 3. The Morgan fingerprint density at radius 2 is 1.39 bits per heavy atom. The van der Waals surface area contributed by atoms with Crippen LogP contribution in [0.1, 0.15) is 102 Å². The molecule has 0 spiro atoms. The van der Waals surface area contributed by atoms with Crippen LogP contribution in [-0.4, -0.2) is 35.3 Å². The van der Waals surface area contributed by atoms with E-state index in [0.717, 1.165) is 30.6 Å². The van der Waals surface area contributed by atoms with Gasteiger partial charge in [-0.2, -0.15) is 0 Å². The summed E-state index contributed by atoms with van der Waals surface area (Å²) in [6, 6.07) is 8.36. The molecular weight excluding hydrogens is 476 g/mol. The fourth-order valence-corrected chi connectivity index (χ4v) is 4.78. The van der Waals surface area contributed by atoms with Crippen molar-refractivity contribution < 1.29 is 19.0 Å². The Kier molecular flexibility index (Phi) is 14.5. The normalized spacial score (nSPS) is 13.8. The molecule has 1 fully saturated rings. The van der Waals surface area contributed by atoms with Crippen molar-refractivity contribution in [1.29, 1.82) is 0 Å². The minimum Gasteiger partial charge on any atom is -0.490 e. The van der Waals surface area contributed by atoms with Gasteiger partial charge in [-0.05, 0) is 31.2 Å². The van der Waals surface area contributed by atoms with E-state index < -0.39 is 0 Å². The van der Waals surface area contributed by atoms with Gasteiger partial charge >= 0.3 is 5.97 Å². The molecule has 6 nitrogen and oxygen atoms in total. The SMILES string of the molecule is C=CC(=O)OCCCCCCCCCCCCOc1cnc(-c2ccc(COC3CCCCC3)cc2)nc1. The number of unbranched alkanes of at least 4 members (excludes halogenated alkanes) is 9. The van der Waals surface area contributed by atoms with Crippen molar-refractivity contribution in [3.05, 3.63) is 54.9 Å².